The standard InChI is InChI=1S/C20H17ClFN3O2S/c21-15-5-1-13(2-6-15)11-23-18(26)9-17-10-19(27)25-20(24-17)28-12-14-3-7-16(22)8-4-14/h1-8,10H,9,11-12H2,(H,23,26)(H,24,25,27). The van der Waals surface area contributed by atoms with Gasteiger partial charge in [0.15, 0.2) is 5.16 Å². The molecule has 0 bridgehead atoms. The average molecular weight is 418 g/mol. The van der Waals surface area contributed by atoms with Gasteiger partial charge < -0.3 is 10.3 Å². The summed E-state index contributed by atoms with van der Waals surface area (Å²) in [5.41, 5.74) is 1.89. The van der Waals surface area contributed by atoms with Crippen molar-refractivity contribution in [3.63, 3.8) is 0 Å². The van der Waals surface area contributed by atoms with E-state index in [0.717, 1.165) is 11.1 Å². The van der Waals surface area contributed by atoms with E-state index < -0.39 is 0 Å². The van der Waals surface area contributed by atoms with Crippen molar-refractivity contribution in [3.05, 3.63) is 92.6 Å². The van der Waals surface area contributed by atoms with Crippen molar-refractivity contribution in [1.29, 1.82) is 0 Å². The number of amides is 1. The second-order valence-corrected chi connectivity index (χ2v) is 7.44. The summed E-state index contributed by atoms with van der Waals surface area (Å²) >= 11 is 7.15. The van der Waals surface area contributed by atoms with Crippen molar-refractivity contribution in [3.8, 4) is 0 Å². The molecule has 1 heterocycles. The number of thioether (sulfide) groups is 1. The maximum Gasteiger partial charge on any atom is 0.251 e. The van der Waals surface area contributed by atoms with Gasteiger partial charge in [-0.15, -0.1) is 0 Å². The maximum absolute atomic E-state index is 13.0. The minimum Gasteiger partial charge on any atom is -0.352 e. The van der Waals surface area contributed by atoms with E-state index in [1.165, 1.54) is 30.0 Å². The van der Waals surface area contributed by atoms with Crippen LogP contribution in [0.25, 0.3) is 0 Å². The van der Waals surface area contributed by atoms with Gasteiger partial charge in [-0.05, 0) is 35.4 Å². The zero-order chi connectivity index (χ0) is 19.9. The minimum atomic E-state index is -0.322. The number of H-pyrrole nitrogens is 1. The molecule has 1 amide bonds. The fraction of sp³-hybridized carbons (Fsp3) is 0.150. The maximum atomic E-state index is 13.0. The van der Waals surface area contributed by atoms with E-state index >= 15 is 0 Å². The van der Waals surface area contributed by atoms with Gasteiger partial charge in [-0.25, -0.2) is 9.37 Å². The normalized spacial score (nSPS) is 10.6. The van der Waals surface area contributed by atoms with Gasteiger partial charge in [0.2, 0.25) is 5.91 Å². The Morgan fingerprint density at radius 2 is 1.79 bits per heavy atom. The van der Waals surface area contributed by atoms with E-state index in [4.69, 9.17) is 11.6 Å². The summed E-state index contributed by atoms with van der Waals surface area (Å²) in [5, 5.41) is 3.84. The molecule has 2 aromatic carbocycles. The fourth-order valence-corrected chi connectivity index (χ4v) is 3.38. The second-order valence-electron chi connectivity index (χ2n) is 6.04. The largest absolute Gasteiger partial charge is 0.352 e. The van der Waals surface area contributed by atoms with Crippen LogP contribution in [-0.2, 0) is 23.5 Å². The van der Waals surface area contributed by atoms with Crippen LogP contribution in [0.1, 0.15) is 16.8 Å². The Bertz CT molecular complexity index is 1010. The molecule has 0 saturated heterocycles. The highest BCUT2D eigenvalue weighted by atomic mass is 35.5. The van der Waals surface area contributed by atoms with E-state index in [1.54, 1.807) is 24.3 Å². The molecule has 144 valence electrons. The van der Waals surface area contributed by atoms with Crippen molar-refractivity contribution < 1.29 is 9.18 Å². The lowest BCUT2D eigenvalue weighted by Gasteiger charge is -2.07. The quantitative estimate of drug-likeness (QED) is 0.454. The summed E-state index contributed by atoms with van der Waals surface area (Å²) in [6, 6.07) is 14.6. The number of halogens is 2. The fourth-order valence-electron chi connectivity index (χ4n) is 2.40. The van der Waals surface area contributed by atoms with Crippen LogP contribution in [0.15, 0.2) is 64.5 Å². The molecule has 0 fully saturated rings. The van der Waals surface area contributed by atoms with E-state index in [9.17, 15) is 14.0 Å². The van der Waals surface area contributed by atoms with E-state index in [1.807, 2.05) is 12.1 Å². The van der Waals surface area contributed by atoms with Gasteiger partial charge in [0.05, 0.1) is 12.1 Å². The van der Waals surface area contributed by atoms with E-state index in [0.29, 0.717) is 28.2 Å². The Morgan fingerprint density at radius 1 is 1.11 bits per heavy atom. The molecule has 1 aromatic heterocycles. The number of aromatic amines is 1. The third-order valence-corrected chi connectivity index (χ3v) is 5.00. The molecule has 0 aliphatic rings. The van der Waals surface area contributed by atoms with Crippen LogP contribution < -0.4 is 10.9 Å². The van der Waals surface area contributed by atoms with E-state index in [-0.39, 0.29) is 23.7 Å². The number of carbonyl (C=O) groups excluding carboxylic acids is 1. The monoisotopic (exact) mass is 417 g/mol. The number of nitrogens with zero attached hydrogens (tertiary/aromatic N) is 1. The van der Waals surface area contributed by atoms with Crippen LogP contribution >= 0.6 is 23.4 Å². The first-order valence-electron chi connectivity index (χ1n) is 8.46. The first-order chi connectivity index (χ1) is 13.5. The third kappa shape index (κ3) is 6.21. The lowest BCUT2D eigenvalue weighted by Crippen LogP contribution is -2.25. The molecule has 5 nitrogen and oxygen atoms in total. The van der Waals surface area contributed by atoms with Gasteiger partial charge in [0.1, 0.15) is 5.82 Å². The first-order valence-corrected chi connectivity index (χ1v) is 9.83. The molecular formula is C20H17ClFN3O2S. The lowest BCUT2D eigenvalue weighted by atomic mass is 10.2. The van der Waals surface area contributed by atoms with Gasteiger partial charge in [-0.1, -0.05) is 47.6 Å². The van der Waals surface area contributed by atoms with Crippen molar-refractivity contribution in [1.82, 2.24) is 15.3 Å². The zero-order valence-corrected chi connectivity index (χ0v) is 16.3. The number of nitrogens with one attached hydrogen (secondary N) is 2. The molecular weight excluding hydrogens is 401 g/mol. The summed E-state index contributed by atoms with van der Waals surface area (Å²) in [6.07, 6.45) is 0.00161. The van der Waals surface area contributed by atoms with Gasteiger partial charge >= 0.3 is 0 Å². The molecule has 0 aliphatic heterocycles. The number of benzene rings is 2. The SMILES string of the molecule is O=C(Cc1cc(=O)[nH]c(SCc2ccc(F)cc2)n1)NCc1ccc(Cl)cc1. The number of aromatic nitrogens is 2. The zero-order valence-electron chi connectivity index (χ0n) is 14.7. The van der Waals surface area contributed by atoms with Gasteiger partial charge in [-0.3, -0.25) is 9.59 Å². The highest BCUT2D eigenvalue weighted by Gasteiger charge is 2.08. The topological polar surface area (TPSA) is 74.8 Å². The van der Waals surface area contributed by atoms with Crippen LogP contribution in [0.3, 0.4) is 0 Å². The lowest BCUT2D eigenvalue weighted by molar-refractivity contribution is -0.120. The Labute approximate surface area is 170 Å². The summed E-state index contributed by atoms with van der Waals surface area (Å²) in [4.78, 5) is 31.0. The van der Waals surface area contributed by atoms with Gasteiger partial charge in [-0.2, -0.15) is 0 Å². The van der Waals surface area contributed by atoms with Crippen LogP contribution in [0, 0.1) is 5.82 Å². The molecule has 3 aromatic rings. The predicted molar refractivity (Wildman–Crippen MR) is 108 cm³/mol. The molecule has 0 radical (unpaired) electrons. The molecule has 8 heteroatoms. The van der Waals surface area contributed by atoms with Crippen LogP contribution in [-0.4, -0.2) is 15.9 Å². The highest BCUT2D eigenvalue weighted by Crippen LogP contribution is 2.18. The summed E-state index contributed by atoms with van der Waals surface area (Å²) in [7, 11) is 0. The number of rotatable bonds is 7. The van der Waals surface area contributed by atoms with Crippen LogP contribution in [0.2, 0.25) is 5.02 Å². The van der Waals surface area contributed by atoms with E-state index in [2.05, 4.69) is 15.3 Å². The molecule has 0 spiro atoms. The first kappa shape index (κ1) is 20.1. The average Bonchev–Trinajstić information content (AvgIpc) is 2.67. The molecule has 3 rings (SSSR count). The van der Waals surface area contributed by atoms with Crippen LogP contribution in [0.5, 0.6) is 0 Å². The third-order valence-electron chi connectivity index (χ3n) is 3.81. The summed E-state index contributed by atoms with van der Waals surface area (Å²) in [5.74, 6) is -0.00969. The predicted octanol–water partition coefficient (Wildman–Crippen LogP) is 3.71. The molecule has 0 aliphatic carbocycles. The van der Waals surface area contributed by atoms with Crippen molar-refractivity contribution in [2.75, 3.05) is 0 Å². The second kappa shape index (κ2) is 9.52. The van der Waals surface area contributed by atoms with Gasteiger partial charge in [0, 0.05) is 23.4 Å². The Hall–Kier alpha value is -2.64. The smallest absolute Gasteiger partial charge is 0.251 e. The molecule has 2 N–H and O–H groups in total. The van der Waals surface area contributed by atoms with Crippen LogP contribution in [0.4, 0.5) is 4.39 Å². The summed E-state index contributed by atoms with van der Waals surface area (Å²) in [6.45, 7) is 0.366. The highest BCUT2D eigenvalue weighted by molar-refractivity contribution is 7.98. The number of hydrogen-bond donors (Lipinski definition) is 2. The summed E-state index contributed by atoms with van der Waals surface area (Å²) < 4.78 is 13.0. The van der Waals surface area contributed by atoms with Crippen molar-refractivity contribution in [2.45, 2.75) is 23.9 Å². The number of hydrogen-bond acceptors (Lipinski definition) is 4. The van der Waals surface area contributed by atoms with Crippen molar-refractivity contribution in [2.24, 2.45) is 0 Å². The number of carbonyl (C=O) groups is 1. The Morgan fingerprint density at radius 3 is 2.50 bits per heavy atom. The molecule has 28 heavy (non-hydrogen) atoms. The molecule has 0 unspecified atom stereocenters. The molecule has 0 atom stereocenters. The van der Waals surface area contributed by atoms with Gasteiger partial charge in [0.25, 0.3) is 5.56 Å². The Kier molecular flexibility index (Phi) is 6.84. The molecule has 0 saturated carbocycles. The Balaban J connectivity index is 1.57. The minimum absolute atomic E-state index is 0.00161. The van der Waals surface area contributed by atoms with Crippen molar-refractivity contribution >= 4 is 29.3 Å².